The van der Waals surface area contributed by atoms with Gasteiger partial charge in [0.2, 0.25) is 0 Å². The highest BCUT2D eigenvalue weighted by Crippen LogP contribution is 2.48. The van der Waals surface area contributed by atoms with Crippen molar-refractivity contribution in [1.82, 2.24) is 0 Å². The maximum Gasteiger partial charge on any atom is 0.160 e. The molecule has 13 rings (SSSR count). The summed E-state index contributed by atoms with van der Waals surface area (Å²) < 4.78 is 6.70. The van der Waals surface area contributed by atoms with Gasteiger partial charge in [-0.15, -0.1) is 0 Å². The lowest BCUT2D eigenvalue weighted by atomic mass is 9.81. The second kappa shape index (κ2) is 15.1. The van der Waals surface area contributed by atoms with Crippen molar-refractivity contribution in [1.29, 1.82) is 0 Å². The van der Waals surface area contributed by atoms with Gasteiger partial charge in [0.05, 0.1) is 11.4 Å². The number of amidine groups is 1. The van der Waals surface area contributed by atoms with Crippen molar-refractivity contribution >= 4 is 82.3 Å². The number of rotatable bonds is 4. The quantitative estimate of drug-likeness (QED) is 0.163. The summed E-state index contributed by atoms with van der Waals surface area (Å²) >= 11 is 0. The number of fused-ring (bicyclic) bond motifs is 11. The molecule has 0 bridgehead atoms. The fourth-order valence-corrected chi connectivity index (χ4v) is 11.0. The van der Waals surface area contributed by atoms with E-state index >= 15 is 0 Å². The number of nitrogens with zero attached hydrogens (tertiary/aromatic N) is 2. The summed E-state index contributed by atoms with van der Waals surface area (Å²) in [5, 5.41) is 12.0. The van der Waals surface area contributed by atoms with E-state index in [1.54, 1.807) is 0 Å². The van der Waals surface area contributed by atoms with Crippen LogP contribution in [-0.4, -0.2) is 11.5 Å². The first-order valence-electron chi connectivity index (χ1n) is 23.0. The van der Waals surface area contributed by atoms with Crippen LogP contribution >= 0.6 is 0 Å². The molecule has 0 fully saturated rings. The lowest BCUT2D eigenvalue weighted by Crippen LogP contribution is -2.17. The smallest absolute Gasteiger partial charge is 0.160 e. The van der Waals surface area contributed by atoms with Crippen LogP contribution in [0.3, 0.4) is 0 Å². The summed E-state index contributed by atoms with van der Waals surface area (Å²) in [5.41, 5.74) is 13.6. The average Bonchev–Trinajstić information content (AvgIpc) is 3.66. The summed E-state index contributed by atoms with van der Waals surface area (Å²) in [5.74, 6) is 0.898. The molecule has 0 N–H and O–H groups in total. The Morgan fingerprint density at radius 1 is 0.477 bits per heavy atom. The standard InChI is InChI=1S/C62H44N2O/c1-38-25-33-56(63-62(64-61(38)53-23-12-17-39-13-4-7-19-47(39)53)45-29-30-48-43(36-45)27-26-40-14-5-6-18-46(40)48)59-52(32-34-58-60(59)54-22-10-11-24-57(54)65-58)51-31-28-44-35-41-15-2-3-16-42(41)37-55(44)50-21-9-8-20-49(50)51/h2-24,26-27,29-30,32-38,51H,25,28,31H2,1H3. The molecule has 0 spiro atoms. The molecule has 3 heteroatoms. The SMILES string of the molecule is CC1CC=C(c2c(C3CCc4cc5ccccc5cc4-c4ccccc43)ccc3oc4ccccc4c23)N=C(c2ccc3c(ccc4ccccc43)c2)N=C1c1cccc2ccccc12. The number of furan rings is 1. The molecule has 2 unspecified atom stereocenters. The normalized spacial score (nSPS) is 16.5. The van der Waals surface area contributed by atoms with Gasteiger partial charge in [0, 0.05) is 39.3 Å². The number of aliphatic imine (C=N–C) groups is 2. The fourth-order valence-electron chi connectivity index (χ4n) is 11.0. The number of hydrogen-bond donors (Lipinski definition) is 0. The highest BCUT2D eigenvalue weighted by atomic mass is 16.3. The summed E-state index contributed by atoms with van der Waals surface area (Å²) in [4.78, 5) is 11.6. The Morgan fingerprint density at radius 3 is 2.03 bits per heavy atom. The summed E-state index contributed by atoms with van der Waals surface area (Å²) in [6, 6.07) is 70.8. The van der Waals surface area contributed by atoms with Crippen LogP contribution in [0.25, 0.3) is 81.9 Å². The second-order valence-corrected chi connectivity index (χ2v) is 17.9. The molecule has 65 heavy (non-hydrogen) atoms. The predicted molar refractivity (Wildman–Crippen MR) is 274 cm³/mol. The molecule has 0 saturated carbocycles. The minimum Gasteiger partial charge on any atom is -0.456 e. The van der Waals surface area contributed by atoms with Crippen molar-refractivity contribution in [3.63, 3.8) is 0 Å². The molecule has 0 saturated heterocycles. The summed E-state index contributed by atoms with van der Waals surface area (Å²) in [6.45, 7) is 2.32. The van der Waals surface area contributed by atoms with Crippen molar-refractivity contribution < 1.29 is 4.42 Å². The van der Waals surface area contributed by atoms with E-state index in [0.29, 0.717) is 5.84 Å². The molecule has 1 aliphatic carbocycles. The van der Waals surface area contributed by atoms with Gasteiger partial charge in [0.25, 0.3) is 0 Å². The highest BCUT2D eigenvalue weighted by molar-refractivity contribution is 6.21. The molecule has 3 nitrogen and oxygen atoms in total. The van der Waals surface area contributed by atoms with E-state index in [1.165, 1.54) is 65.5 Å². The highest BCUT2D eigenvalue weighted by Gasteiger charge is 2.30. The number of allylic oxidation sites excluding steroid dienone is 1. The van der Waals surface area contributed by atoms with E-state index in [0.717, 1.165) is 74.7 Å². The van der Waals surface area contributed by atoms with Gasteiger partial charge in [-0.05, 0) is 114 Å². The Kier molecular flexibility index (Phi) is 8.77. The Labute approximate surface area is 377 Å². The Balaban J connectivity index is 1.07. The molecule has 10 aromatic carbocycles. The van der Waals surface area contributed by atoms with Crippen molar-refractivity contribution in [3.8, 4) is 11.1 Å². The van der Waals surface area contributed by atoms with Crippen LogP contribution in [0.5, 0.6) is 0 Å². The van der Waals surface area contributed by atoms with E-state index in [9.17, 15) is 0 Å². The third-order valence-corrected chi connectivity index (χ3v) is 14.2. The maximum absolute atomic E-state index is 6.70. The predicted octanol–water partition coefficient (Wildman–Crippen LogP) is 16.3. The van der Waals surface area contributed by atoms with E-state index < -0.39 is 0 Å². The first kappa shape index (κ1) is 37.7. The van der Waals surface area contributed by atoms with Gasteiger partial charge in [-0.25, -0.2) is 9.98 Å². The zero-order chi connectivity index (χ0) is 43.0. The molecule has 2 heterocycles. The molecule has 11 aromatic rings. The van der Waals surface area contributed by atoms with Crippen LogP contribution < -0.4 is 0 Å². The number of para-hydroxylation sites is 1. The van der Waals surface area contributed by atoms with Crippen molar-refractivity contribution in [2.45, 2.75) is 32.1 Å². The molecule has 308 valence electrons. The number of hydrogen-bond acceptors (Lipinski definition) is 3. The van der Waals surface area contributed by atoms with Crippen LogP contribution in [-0.2, 0) is 6.42 Å². The van der Waals surface area contributed by atoms with Gasteiger partial charge in [-0.3, -0.25) is 0 Å². The summed E-state index contributed by atoms with van der Waals surface area (Å²) in [7, 11) is 0. The minimum absolute atomic E-state index is 0.0942. The fraction of sp³-hybridized carbons (Fsp3) is 0.0968. The van der Waals surface area contributed by atoms with E-state index in [2.05, 4.69) is 207 Å². The molecule has 1 aliphatic heterocycles. The third-order valence-electron chi connectivity index (χ3n) is 14.2. The van der Waals surface area contributed by atoms with E-state index in [1.807, 2.05) is 0 Å². The van der Waals surface area contributed by atoms with Crippen LogP contribution in [0.4, 0.5) is 0 Å². The lowest BCUT2D eigenvalue weighted by Gasteiger charge is -2.24. The molecular formula is C62H44N2O. The molecular weight excluding hydrogens is 789 g/mol. The third kappa shape index (κ3) is 6.25. The zero-order valence-electron chi connectivity index (χ0n) is 36.1. The van der Waals surface area contributed by atoms with Gasteiger partial charge in [-0.1, -0.05) is 183 Å². The van der Waals surface area contributed by atoms with Gasteiger partial charge in [0.15, 0.2) is 5.84 Å². The molecule has 0 radical (unpaired) electrons. The Bertz CT molecular complexity index is 3840. The summed E-state index contributed by atoms with van der Waals surface area (Å²) in [6.07, 6.45) is 5.07. The topological polar surface area (TPSA) is 37.9 Å². The maximum atomic E-state index is 6.70. The number of benzene rings is 10. The van der Waals surface area contributed by atoms with Gasteiger partial charge in [-0.2, -0.15) is 0 Å². The molecule has 0 amide bonds. The first-order valence-corrected chi connectivity index (χ1v) is 23.0. The van der Waals surface area contributed by atoms with Crippen LogP contribution in [0.1, 0.15) is 59.1 Å². The van der Waals surface area contributed by atoms with Gasteiger partial charge >= 0.3 is 0 Å². The number of aryl methyl sites for hydroxylation is 1. The van der Waals surface area contributed by atoms with Gasteiger partial charge < -0.3 is 4.42 Å². The molecule has 2 atom stereocenters. The first-order chi connectivity index (χ1) is 32.1. The Morgan fingerprint density at radius 2 is 1.15 bits per heavy atom. The largest absolute Gasteiger partial charge is 0.456 e. The van der Waals surface area contributed by atoms with Crippen LogP contribution in [0.15, 0.2) is 215 Å². The van der Waals surface area contributed by atoms with Crippen molar-refractivity contribution in [2.75, 3.05) is 0 Å². The van der Waals surface area contributed by atoms with Gasteiger partial charge in [0.1, 0.15) is 11.2 Å². The van der Waals surface area contributed by atoms with Crippen molar-refractivity contribution in [2.24, 2.45) is 15.9 Å². The van der Waals surface area contributed by atoms with Crippen LogP contribution in [0, 0.1) is 5.92 Å². The molecule has 2 aliphatic rings. The Hall–Kier alpha value is -7.88. The molecule has 1 aromatic heterocycles. The minimum atomic E-state index is 0.0942. The van der Waals surface area contributed by atoms with E-state index in [4.69, 9.17) is 14.4 Å². The zero-order valence-corrected chi connectivity index (χ0v) is 36.1. The van der Waals surface area contributed by atoms with Crippen molar-refractivity contribution in [3.05, 3.63) is 234 Å². The van der Waals surface area contributed by atoms with Crippen LogP contribution in [0.2, 0.25) is 0 Å². The lowest BCUT2D eigenvalue weighted by molar-refractivity contribution is 0.667. The monoisotopic (exact) mass is 832 g/mol. The second-order valence-electron chi connectivity index (χ2n) is 17.9. The average molecular weight is 833 g/mol. The van der Waals surface area contributed by atoms with E-state index in [-0.39, 0.29) is 11.8 Å².